The van der Waals surface area contributed by atoms with Gasteiger partial charge in [-0.3, -0.25) is 4.79 Å². The third kappa shape index (κ3) is 7.20. The first-order valence-electron chi connectivity index (χ1n) is 6.31. The van der Waals surface area contributed by atoms with E-state index in [1.165, 1.54) is 12.1 Å². The smallest absolute Gasteiger partial charge is 0.314 e. The zero-order valence-electron chi connectivity index (χ0n) is 11.0. The van der Waals surface area contributed by atoms with Crippen LogP contribution in [0.5, 0.6) is 0 Å². The minimum absolute atomic E-state index is 0.0999. The van der Waals surface area contributed by atoms with Crippen molar-refractivity contribution in [2.75, 3.05) is 25.0 Å². The number of halogens is 1. The van der Waals surface area contributed by atoms with Crippen LogP contribution in [0.15, 0.2) is 24.3 Å². The summed E-state index contributed by atoms with van der Waals surface area (Å²) in [5.41, 5.74) is 0.691. The molecule has 20 heavy (non-hydrogen) atoms. The molecular formula is C13H18FN3O3. The van der Waals surface area contributed by atoms with Crippen LogP contribution in [-0.4, -0.2) is 36.7 Å². The largest absolute Gasteiger partial charge is 0.481 e. The lowest BCUT2D eigenvalue weighted by Crippen LogP contribution is -2.37. The van der Waals surface area contributed by atoms with Gasteiger partial charge >= 0.3 is 12.0 Å². The molecule has 0 saturated carbocycles. The van der Waals surface area contributed by atoms with Gasteiger partial charge in [-0.1, -0.05) is 6.07 Å². The van der Waals surface area contributed by atoms with E-state index in [9.17, 15) is 14.0 Å². The normalized spacial score (nSPS) is 9.85. The summed E-state index contributed by atoms with van der Waals surface area (Å²) in [5.74, 6) is -1.25. The molecule has 0 aliphatic carbocycles. The number of nitrogens with one attached hydrogen (secondary N) is 3. The molecule has 0 saturated heterocycles. The summed E-state index contributed by atoms with van der Waals surface area (Å²) in [6.45, 7) is 1.14. The topological polar surface area (TPSA) is 90.5 Å². The summed E-state index contributed by atoms with van der Waals surface area (Å²) in [7, 11) is 0. The Balaban J connectivity index is 2.04. The van der Waals surface area contributed by atoms with Crippen LogP contribution in [0.25, 0.3) is 0 Å². The molecule has 0 radical (unpaired) electrons. The van der Waals surface area contributed by atoms with Crippen molar-refractivity contribution in [2.24, 2.45) is 0 Å². The number of rotatable bonds is 8. The van der Waals surface area contributed by atoms with Crippen molar-refractivity contribution in [2.45, 2.75) is 12.8 Å². The van der Waals surface area contributed by atoms with Crippen molar-refractivity contribution < 1.29 is 19.1 Å². The first kappa shape index (κ1) is 15.7. The van der Waals surface area contributed by atoms with Crippen LogP contribution in [0.4, 0.5) is 14.9 Å². The zero-order valence-corrected chi connectivity index (χ0v) is 11.0. The Kier molecular flexibility index (Phi) is 6.88. The Morgan fingerprint density at radius 1 is 1.15 bits per heavy atom. The predicted molar refractivity (Wildman–Crippen MR) is 73.2 cm³/mol. The average Bonchev–Trinajstić information content (AvgIpc) is 2.38. The van der Waals surface area contributed by atoms with Crippen LogP contribution in [-0.2, 0) is 4.79 Å². The van der Waals surface area contributed by atoms with Gasteiger partial charge in [0.25, 0.3) is 0 Å². The summed E-state index contributed by atoms with van der Waals surface area (Å²) < 4.78 is 12.9. The van der Waals surface area contributed by atoms with Gasteiger partial charge in [0.2, 0.25) is 0 Å². The Hall–Kier alpha value is -2.31. The number of amides is 2. The zero-order chi connectivity index (χ0) is 14.8. The molecule has 110 valence electrons. The van der Waals surface area contributed by atoms with E-state index in [4.69, 9.17) is 5.11 Å². The fraction of sp³-hybridized carbons (Fsp3) is 0.385. The van der Waals surface area contributed by atoms with Crippen LogP contribution in [0.2, 0.25) is 0 Å². The van der Waals surface area contributed by atoms with E-state index in [0.29, 0.717) is 25.2 Å². The van der Waals surface area contributed by atoms with Gasteiger partial charge in [0.05, 0.1) is 6.42 Å². The summed E-state index contributed by atoms with van der Waals surface area (Å²) in [6, 6.07) is 5.75. The highest BCUT2D eigenvalue weighted by molar-refractivity contribution is 5.74. The van der Waals surface area contributed by atoms with Gasteiger partial charge in [-0.2, -0.15) is 0 Å². The third-order valence-corrected chi connectivity index (χ3v) is 2.42. The van der Waals surface area contributed by atoms with E-state index in [0.717, 1.165) is 0 Å². The van der Waals surface area contributed by atoms with Gasteiger partial charge < -0.3 is 21.1 Å². The van der Waals surface area contributed by atoms with Gasteiger partial charge in [0.1, 0.15) is 5.82 Å². The van der Waals surface area contributed by atoms with E-state index >= 15 is 0 Å². The molecule has 6 nitrogen and oxygen atoms in total. The molecular weight excluding hydrogens is 265 g/mol. The number of carboxylic acids is 1. The third-order valence-electron chi connectivity index (χ3n) is 2.42. The first-order valence-corrected chi connectivity index (χ1v) is 6.31. The molecule has 0 atom stereocenters. The van der Waals surface area contributed by atoms with Crippen molar-refractivity contribution in [1.29, 1.82) is 0 Å². The van der Waals surface area contributed by atoms with Gasteiger partial charge in [-0.05, 0) is 24.6 Å². The minimum atomic E-state index is -0.954. The number of benzene rings is 1. The van der Waals surface area contributed by atoms with E-state index in [1.807, 2.05) is 0 Å². The molecule has 1 rings (SSSR count). The lowest BCUT2D eigenvalue weighted by Gasteiger charge is -2.08. The Bertz CT molecular complexity index is 454. The van der Waals surface area contributed by atoms with Crippen LogP contribution < -0.4 is 16.0 Å². The monoisotopic (exact) mass is 283 g/mol. The fourth-order valence-electron chi connectivity index (χ4n) is 1.47. The summed E-state index contributed by atoms with van der Waals surface area (Å²) in [5, 5.41) is 16.4. The summed E-state index contributed by atoms with van der Waals surface area (Å²) >= 11 is 0. The Labute approximate surface area is 116 Å². The van der Waals surface area contributed by atoms with Gasteiger partial charge in [-0.15, -0.1) is 0 Å². The molecule has 2 amide bonds. The second kappa shape index (κ2) is 8.73. The quantitative estimate of drug-likeness (QED) is 0.543. The lowest BCUT2D eigenvalue weighted by molar-refractivity contribution is -0.136. The molecule has 1 aromatic rings. The van der Waals surface area contributed by atoms with E-state index in [-0.39, 0.29) is 18.8 Å². The highest BCUT2D eigenvalue weighted by Gasteiger charge is 2.01. The van der Waals surface area contributed by atoms with Crippen molar-refractivity contribution >= 4 is 17.7 Å². The minimum Gasteiger partial charge on any atom is -0.481 e. The maximum atomic E-state index is 12.9. The van der Waals surface area contributed by atoms with Crippen LogP contribution in [0.3, 0.4) is 0 Å². The molecule has 0 bridgehead atoms. The molecule has 0 heterocycles. The molecule has 4 N–H and O–H groups in total. The molecule has 0 unspecified atom stereocenters. The van der Waals surface area contributed by atoms with Crippen molar-refractivity contribution in [1.82, 2.24) is 10.6 Å². The standard InChI is InChI=1S/C13H18FN3O3/c14-10-3-1-4-11(9-10)15-6-2-7-16-13(20)17-8-5-12(18)19/h1,3-4,9,15H,2,5-8H2,(H,18,19)(H2,16,17,20). The number of aliphatic carboxylic acids is 1. The number of urea groups is 1. The van der Waals surface area contributed by atoms with E-state index in [2.05, 4.69) is 16.0 Å². The second-order valence-electron chi connectivity index (χ2n) is 4.12. The lowest BCUT2D eigenvalue weighted by atomic mass is 10.3. The average molecular weight is 283 g/mol. The van der Waals surface area contributed by atoms with Crippen molar-refractivity contribution in [3.05, 3.63) is 30.1 Å². The second-order valence-corrected chi connectivity index (χ2v) is 4.12. The Morgan fingerprint density at radius 2 is 1.90 bits per heavy atom. The summed E-state index contributed by atoms with van der Waals surface area (Å²) in [6.07, 6.45) is 0.567. The molecule has 1 aromatic carbocycles. The van der Waals surface area contributed by atoms with Gasteiger partial charge in [0.15, 0.2) is 0 Å². The van der Waals surface area contributed by atoms with E-state index < -0.39 is 12.0 Å². The van der Waals surface area contributed by atoms with Gasteiger partial charge in [0, 0.05) is 25.3 Å². The number of carboxylic acid groups (broad SMARTS) is 1. The number of carbonyl (C=O) groups is 2. The van der Waals surface area contributed by atoms with Crippen LogP contribution in [0, 0.1) is 5.82 Å². The fourth-order valence-corrected chi connectivity index (χ4v) is 1.47. The molecule has 0 spiro atoms. The van der Waals surface area contributed by atoms with Crippen molar-refractivity contribution in [3.63, 3.8) is 0 Å². The highest BCUT2D eigenvalue weighted by Crippen LogP contribution is 2.08. The summed E-state index contributed by atoms with van der Waals surface area (Å²) in [4.78, 5) is 21.4. The molecule has 0 aliphatic rings. The number of carbonyl (C=O) groups excluding carboxylic acids is 1. The predicted octanol–water partition coefficient (Wildman–Crippen LogP) is 1.40. The number of hydrogen-bond donors (Lipinski definition) is 4. The highest BCUT2D eigenvalue weighted by atomic mass is 19.1. The first-order chi connectivity index (χ1) is 9.58. The number of anilines is 1. The molecule has 0 fully saturated rings. The van der Waals surface area contributed by atoms with Crippen LogP contribution >= 0.6 is 0 Å². The maximum Gasteiger partial charge on any atom is 0.314 e. The van der Waals surface area contributed by atoms with Crippen LogP contribution in [0.1, 0.15) is 12.8 Å². The molecule has 0 aromatic heterocycles. The maximum absolute atomic E-state index is 12.9. The van der Waals surface area contributed by atoms with Crippen molar-refractivity contribution in [3.8, 4) is 0 Å². The number of hydrogen-bond acceptors (Lipinski definition) is 3. The van der Waals surface area contributed by atoms with Gasteiger partial charge in [-0.25, -0.2) is 9.18 Å². The Morgan fingerprint density at radius 3 is 2.60 bits per heavy atom. The molecule has 0 aliphatic heterocycles. The van der Waals surface area contributed by atoms with E-state index in [1.54, 1.807) is 12.1 Å². The molecule has 7 heteroatoms. The SMILES string of the molecule is O=C(O)CCNC(=O)NCCCNc1cccc(F)c1.